The number of aryl methyl sites for hydroxylation is 2. The molecule has 3 aromatic rings. The molecule has 3 aromatic carbocycles. The topological polar surface area (TPSA) is 81.1 Å². The van der Waals surface area contributed by atoms with Gasteiger partial charge in [-0.15, -0.1) is 0 Å². The van der Waals surface area contributed by atoms with Gasteiger partial charge in [0.25, 0.3) is 11.8 Å². The first-order chi connectivity index (χ1) is 18.4. The number of hydrogen-bond acceptors (Lipinski definition) is 4. The third-order valence-corrected chi connectivity index (χ3v) is 8.15. The van der Waals surface area contributed by atoms with E-state index in [1.54, 1.807) is 9.80 Å². The maximum atomic E-state index is 12.9. The smallest absolute Gasteiger partial charge is 0.254 e. The Kier molecular flexibility index (Phi) is 7.63. The number of aliphatic hydroxyl groups is 2. The summed E-state index contributed by atoms with van der Waals surface area (Å²) in [5.74, 6) is -0.0372. The van der Waals surface area contributed by atoms with Crippen molar-refractivity contribution in [1.82, 2.24) is 9.80 Å². The molecule has 2 heterocycles. The van der Waals surface area contributed by atoms with E-state index in [4.69, 9.17) is 0 Å². The molecule has 2 N–H and O–H groups in total. The van der Waals surface area contributed by atoms with Crippen molar-refractivity contribution >= 4 is 11.8 Å². The second kappa shape index (κ2) is 11.1. The summed E-state index contributed by atoms with van der Waals surface area (Å²) in [5, 5.41) is 19.1. The minimum Gasteiger partial charge on any atom is -0.394 e. The Morgan fingerprint density at radius 3 is 1.39 bits per heavy atom. The largest absolute Gasteiger partial charge is 0.394 e. The van der Waals surface area contributed by atoms with Crippen LogP contribution in [0.3, 0.4) is 0 Å². The third kappa shape index (κ3) is 4.98. The van der Waals surface area contributed by atoms with E-state index < -0.39 is 0 Å². The Morgan fingerprint density at radius 2 is 1.05 bits per heavy atom. The van der Waals surface area contributed by atoms with E-state index in [1.807, 2.05) is 48.5 Å². The van der Waals surface area contributed by atoms with Crippen LogP contribution < -0.4 is 0 Å². The predicted octanol–water partition coefficient (Wildman–Crippen LogP) is 4.83. The van der Waals surface area contributed by atoms with E-state index in [-0.39, 0.29) is 37.1 Å². The standard InChI is InChI=1S/C32H36N2O4/c1-21-17-30(24-9-13-26(14-10-24)32(38)34-16-4-6-28(34)20-36)22(2)18-29(21)23-7-11-25(12-8-23)31(37)33-15-3-5-27(33)19-35/h7-14,17-18,27-28,35-36H,3-6,15-16,19-20H2,1-2H3/t27-,28+. The summed E-state index contributed by atoms with van der Waals surface area (Å²) in [5.41, 5.74) is 7.91. The van der Waals surface area contributed by atoms with E-state index in [0.717, 1.165) is 59.1 Å². The molecule has 2 saturated heterocycles. The number of aliphatic hydroxyl groups excluding tert-OH is 2. The van der Waals surface area contributed by atoms with E-state index in [2.05, 4.69) is 26.0 Å². The van der Waals surface area contributed by atoms with Gasteiger partial charge in [-0.2, -0.15) is 0 Å². The quantitative estimate of drug-likeness (QED) is 0.496. The molecule has 5 rings (SSSR count). The summed E-state index contributed by atoms with van der Waals surface area (Å²) < 4.78 is 0. The highest BCUT2D eigenvalue weighted by Gasteiger charge is 2.29. The van der Waals surface area contributed by atoms with Crippen LogP contribution in [0.15, 0.2) is 60.7 Å². The number of benzene rings is 3. The zero-order valence-corrected chi connectivity index (χ0v) is 22.2. The Morgan fingerprint density at radius 1 is 0.684 bits per heavy atom. The highest BCUT2D eigenvalue weighted by Crippen LogP contribution is 2.33. The first-order valence-corrected chi connectivity index (χ1v) is 13.6. The average molecular weight is 513 g/mol. The maximum absolute atomic E-state index is 12.9. The van der Waals surface area contributed by atoms with E-state index in [1.165, 1.54) is 0 Å². The Bertz CT molecular complexity index is 1210. The lowest BCUT2D eigenvalue weighted by Gasteiger charge is -2.23. The van der Waals surface area contributed by atoms with Crippen LogP contribution in [0.5, 0.6) is 0 Å². The first-order valence-electron chi connectivity index (χ1n) is 13.6. The molecular weight excluding hydrogens is 476 g/mol. The van der Waals surface area contributed by atoms with Gasteiger partial charge in [0.1, 0.15) is 0 Å². The Hall–Kier alpha value is -3.48. The zero-order valence-electron chi connectivity index (χ0n) is 22.2. The summed E-state index contributed by atoms with van der Waals surface area (Å²) >= 11 is 0. The number of carbonyl (C=O) groups excluding carboxylic acids is 2. The van der Waals surface area contributed by atoms with Gasteiger partial charge < -0.3 is 20.0 Å². The minimum absolute atomic E-state index is 0.0102. The fraction of sp³-hybridized carbons (Fsp3) is 0.375. The van der Waals surface area contributed by atoms with Gasteiger partial charge in [-0.05, 0) is 97.2 Å². The summed E-state index contributed by atoms with van der Waals surface area (Å²) in [6, 6.07) is 19.7. The van der Waals surface area contributed by atoms with Gasteiger partial charge in [-0.3, -0.25) is 9.59 Å². The van der Waals surface area contributed by atoms with Gasteiger partial charge in [0.05, 0.1) is 25.3 Å². The van der Waals surface area contributed by atoms with E-state index in [9.17, 15) is 19.8 Å². The molecule has 2 aliphatic heterocycles. The summed E-state index contributed by atoms with van der Waals surface area (Å²) in [7, 11) is 0. The van der Waals surface area contributed by atoms with Gasteiger partial charge in [0.2, 0.25) is 0 Å². The number of nitrogens with zero attached hydrogens (tertiary/aromatic N) is 2. The molecule has 0 saturated carbocycles. The fourth-order valence-electron chi connectivity index (χ4n) is 5.94. The predicted molar refractivity (Wildman–Crippen MR) is 149 cm³/mol. The molecule has 198 valence electrons. The SMILES string of the molecule is Cc1cc(-c2ccc(C(=O)N3CCC[C@@H]3CO)cc2)c(C)cc1-c1ccc(C(=O)N2CCC[C@H]2CO)cc1. The highest BCUT2D eigenvalue weighted by atomic mass is 16.3. The monoisotopic (exact) mass is 512 g/mol. The molecule has 0 radical (unpaired) electrons. The number of likely N-dealkylation sites (tertiary alicyclic amines) is 2. The Balaban J connectivity index is 1.34. The van der Waals surface area contributed by atoms with Gasteiger partial charge >= 0.3 is 0 Å². The van der Waals surface area contributed by atoms with Crippen LogP contribution in [-0.2, 0) is 0 Å². The molecule has 2 fully saturated rings. The van der Waals surface area contributed by atoms with Crippen molar-refractivity contribution in [2.24, 2.45) is 0 Å². The van der Waals surface area contributed by atoms with Crippen LogP contribution >= 0.6 is 0 Å². The minimum atomic E-state index is -0.0792. The van der Waals surface area contributed by atoms with Gasteiger partial charge in [-0.1, -0.05) is 36.4 Å². The molecule has 38 heavy (non-hydrogen) atoms. The summed E-state index contributed by atoms with van der Waals surface area (Å²) in [6.45, 7) is 5.60. The molecule has 0 spiro atoms. The van der Waals surface area contributed by atoms with Crippen molar-refractivity contribution < 1.29 is 19.8 Å². The molecule has 2 aliphatic rings. The molecule has 2 atom stereocenters. The average Bonchev–Trinajstić information content (AvgIpc) is 3.63. The van der Waals surface area contributed by atoms with Crippen LogP contribution in [0.4, 0.5) is 0 Å². The highest BCUT2D eigenvalue weighted by molar-refractivity contribution is 5.96. The summed E-state index contributed by atoms with van der Waals surface area (Å²) in [4.78, 5) is 29.4. The number of rotatable bonds is 6. The molecule has 6 heteroatoms. The van der Waals surface area contributed by atoms with Gasteiger partial charge in [0.15, 0.2) is 0 Å². The lowest BCUT2D eigenvalue weighted by Crippen LogP contribution is -2.37. The second-order valence-electron chi connectivity index (χ2n) is 10.6. The van der Waals surface area contributed by atoms with Gasteiger partial charge in [-0.25, -0.2) is 0 Å². The molecule has 2 amide bonds. The fourth-order valence-corrected chi connectivity index (χ4v) is 5.94. The lowest BCUT2D eigenvalue weighted by molar-refractivity contribution is 0.0672. The maximum Gasteiger partial charge on any atom is 0.254 e. The van der Waals surface area contributed by atoms with Crippen LogP contribution in [0.2, 0.25) is 0 Å². The van der Waals surface area contributed by atoms with Crippen LogP contribution in [0, 0.1) is 13.8 Å². The van der Waals surface area contributed by atoms with E-state index in [0.29, 0.717) is 24.2 Å². The molecule has 0 unspecified atom stereocenters. The van der Waals surface area contributed by atoms with Gasteiger partial charge in [0, 0.05) is 24.2 Å². The van der Waals surface area contributed by atoms with Crippen molar-refractivity contribution in [3.63, 3.8) is 0 Å². The first kappa shape index (κ1) is 26.1. The Labute approximate surface area is 224 Å². The third-order valence-electron chi connectivity index (χ3n) is 8.15. The normalized spacial score (nSPS) is 19.3. The van der Waals surface area contributed by atoms with Crippen molar-refractivity contribution in [2.45, 2.75) is 51.6 Å². The molecular formula is C32H36N2O4. The molecule has 0 aromatic heterocycles. The number of amides is 2. The summed E-state index contributed by atoms with van der Waals surface area (Å²) in [6.07, 6.45) is 3.57. The molecule has 6 nitrogen and oxygen atoms in total. The lowest BCUT2D eigenvalue weighted by atomic mass is 9.91. The van der Waals surface area contributed by atoms with Crippen molar-refractivity contribution in [2.75, 3.05) is 26.3 Å². The van der Waals surface area contributed by atoms with Crippen molar-refractivity contribution in [3.8, 4) is 22.3 Å². The number of hydrogen-bond donors (Lipinski definition) is 2. The van der Waals surface area contributed by atoms with Crippen molar-refractivity contribution in [3.05, 3.63) is 82.9 Å². The second-order valence-corrected chi connectivity index (χ2v) is 10.6. The van der Waals surface area contributed by atoms with Crippen LogP contribution in [0.25, 0.3) is 22.3 Å². The van der Waals surface area contributed by atoms with E-state index >= 15 is 0 Å². The molecule has 0 bridgehead atoms. The number of carbonyl (C=O) groups is 2. The zero-order chi connectivity index (χ0) is 26.8. The van der Waals surface area contributed by atoms with Crippen LogP contribution in [0.1, 0.15) is 57.5 Å². The van der Waals surface area contributed by atoms with Crippen LogP contribution in [-0.4, -0.2) is 70.2 Å². The van der Waals surface area contributed by atoms with Crippen molar-refractivity contribution in [1.29, 1.82) is 0 Å². The molecule has 0 aliphatic carbocycles.